The molecule has 1 atom stereocenters. The molecule has 1 aromatic rings. The number of rotatable bonds is 3. The molecule has 3 nitrogen and oxygen atoms in total. The summed E-state index contributed by atoms with van der Waals surface area (Å²) in [7, 11) is 1.62. The Hall–Kier alpha value is -0.770. The van der Waals surface area contributed by atoms with Crippen molar-refractivity contribution in [3.05, 3.63) is 28.8 Å². The highest BCUT2D eigenvalue weighted by atomic mass is 35.5. The predicted molar refractivity (Wildman–Crippen MR) is 64.3 cm³/mol. The minimum atomic E-state index is 0.248. The predicted octanol–water partition coefficient (Wildman–Crippen LogP) is 1.88. The molecular formula is C12H16ClNO2. The minimum absolute atomic E-state index is 0.248. The summed E-state index contributed by atoms with van der Waals surface area (Å²) in [5.41, 5.74) is 1.18. The van der Waals surface area contributed by atoms with Gasteiger partial charge in [-0.1, -0.05) is 17.7 Å². The maximum atomic E-state index is 6.07. The van der Waals surface area contributed by atoms with Gasteiger partial charge in [0.05, 0.1) is 24.8 Å². The fraction of sp³-hybridized carbons (Fsp3) is 0.500. The third-order valence-corrected chi connectivity index (χ3v) is 2.98. The van der Waals surface area contributed by atoms with E-state index in [0.29, 0.717) is 10.8 Å². The Bertz CT molecular complexity index is 351. The van der Waals surface area contributed by atoms with Crippen LogP contribution in [0.5, 0.6) is 5.75 Å². The van der Waals surface area contributed by atoms with E-state index in [2.05, 4.69) is 5.32 Å². The van der Waals surface area contributed by atoms with Gasteiger partial charge in [0.25, 0.3) is 0 Å². The minimum Gasteiger partial charge on any atom is -0.495 e. The number of halogens is 1. The van der Waals surface area contributed by atoms with Gasteiger partial charge < -0.3 is 14.8 Å². The van der Waals surface area contributed by atoms with Crippen molar-refractivity contribution in [1.82, 2.24) is 5.32 Å². The van der Waals surface area contributed by atoms with Crippen molar-refractivity contribution < 1.29 is 9.47 Å². The monoisotopic (exact) mass is 241 g/mol. The summed E-state index contributed by atoms with van der Waals surface area (Å²) in [5.74, 6) is 0.716. The van der Waals surface area contributed by atoms with E-state index in [9.17, 15) is 0 Å². The van der Waals surface area contributed by atoms with Gasteiger partial charge in [-0.05, 0) is 24.1 Å². The molecule has 0 amide bonds. The molecule has 1 aliphatic heterocycles. The smallest absolute Gasteiger partial charge is 0.137 e. The fourth-order valence-electron chi connectivity index (χ4n) is 1.85. The third-order valence-electron chi connectivity index (χ3n) is 2.68. The largest absolute Gasteiger partial charge is 0.495 e. The number of hydrogen-bond donors (Lipinski definition) is 1. The second-order valence-electron chi connectivity index (χ2n) is 3.87. The number of morpholine rings is 1. The first kappa shape index (κ1) is 11.7. The highest BCUT2D eigenvalue weighted by Crippen LogP contribution is 2.25. The van der Waals surface area contributed by atoms with Crippen LogP contribution < -0.4 is 10.1 Å². The van der Waals surface area contributed by atoms with Crippen molar-refractivity contribution in [2.45, 2.75) is 12.5 Å². The molecule has 0 aliphatic carbocycles. The van der Waals surface area contributed by atoms with Crippen LogP contribution in [0.15, 0.2) is 18.2 Å². The van der Waals surface area contributed by atoms with Crippen LogP contribution in [-0.2, 0) is 11.2 Å². The third kappa shape index (κ3) is 2.88. The SMILES string of the molecule is COc1ccc(C[C@@H]2CNCCO2)cc1Cl. The zero-order chi connectivity index (χ0) is 11.4. The van der Waals surface area contributed by atoms with Crippen molar-refractivity contribution in [2.75, 3.05) is 26.8 Å². The lowest BCUT2D eigenvalue weighted by molar-refractivity contribution is 0.0292. The van der Waals surface area contributed by atoms with Gasteiger partial charge in [0, 0.05) is 13.1 Å². The Morgan fingerprint density at radius 1 is 1.56 bits per heavy atom. The zero-order valence-electron chi connectivity index (χ0n) is 9.33. The lowest BCUT2D eigenvalue weighted by Crippen LogP contribution is -2.39. The average molecular weight is 242 g/mol. The van der Waals surface area contributed by atoms with Crippen molar-refractivity contribution in [3.8, 4) is 5.75 Å². The van der Waals surface area contributed by atoms with Crippen molar-refractivity contribution in [1.29, 1.82) is 0 Å². The molecule has 0 aromatic heterocycles. The molecule has 1 aliphatic rings. The maximum absolute atomic E-state index is 6.07. The van der Waals surface area contributed by atoms with E-state index < -0.39 is 0 Å². The lowest BCUT2D eigenvalue weighted by atomic mass is 10.1. The summed E-state index contributed by atoms with van der Waals surface area (Å²) in [4.78, 5) is 0. The van der Waals surface area contributed by atoms with Gasteiger partial charge in [-0.25, -0.2) is 0 Å². The Labute approximate surface area is 101 Å². The quantitative estimate of drug-likeness (QED) is 0.877. The first-order chi connectivity index (χ1) is 7.79. The molecule has 0 saturated carbocycles. The molecule has 1 saturated heterocycles. The van der Waals surface area contributed by atoms with Crippen LogP contribution in [0.3, 0.4) is 0 Å². The molecule has 4 heteroatoms. The number of hydrogen-bond acceptors (Lipinski definition) is 3. The van der Waals surface area contributed by atoms with Crippen LogP contribution in [-0.4, -0.2) is 32.9 Å². The summed E-state index contributed by atoms with van der Waals surface area (Å²) in [6.45, 7) is 2.64. The molecule has 16 heavy (non-hydrogen) atoms. The molecule has 0 spiro atoms. The van der Waals surface area contributed by atoms with Crippen LogP contribution in [0, 0.1) is 0 Å². The molecule has 1 fully saturated rings. The molecule has 0 bridgehead atoms. The number of methoxy groups -OCH3 is 1. The summed E-state index contributed by atoms with van der Waals surface area (Å²) in [5, 5.41) is 3.97. The lowest BCUT2D eigenvalue weighted by Gasteiger charge is -2.23. The van der Waals surface area contributed by atoms with Gasteiger partial charge in [-0.3, -0.25) is 0 Å². The van der Waals surface area contributed by atoms with E-state index in [-0.39, 0.29) is 6.10 Å². The first-order valence-electron chi connectivity index (χ1n) is 5.44. The second kappa shape index (κ2) is 5.53. The molecule has 1 N–H and O–H groups in total. The molecule has 0 radical (unpaired) electrons. The van der Waals surface area contributed by atoms with Gasteiger partial charge in [-0.2, -0.15) is 0 Å². The van der Waals surface area contributed by atoms with E-state index >= 15 is 0 Å². The standard InChI is InChI=1S/C12H16ClNO2/c1-15-12-3-2-9(7-11(12)13)6-10-8-14-4-5-16-10/h2-3,7,10,14H,4-6,8H2,1H3/t10-/m1/s1. The maximum Gasteiger partial charge on any atom is 0.137 e. The van der Waals surface area contributed by atoms with Crippen molar-refractivity contribution >= 4 is 11.6 Å². The highest BCUT2D eigenvalue weighted by molar-refractivity contribution is 6.32. The Morgan fingerprint density at radius 2 is 2.44 bits per heavy atom. The zero-order valence-corrected chi connectivity index (χ0v) is 10.1. The molecule has 2 rings (SSSR count). The summed E-state index contributed by atoms with van der Waals surface area (Å²) >= 11 is 6.07. The number of ether oxygens (including phenoxy) is 2. The van der Waals surface area contributed by atoms with Gasteiger partial charge in [0.15, 0.2) is 0 Å². The normalized spacial score (nSPS) is 20.8. The number of nitrogens with one attached hydrogen (secondary N) is 1. The fourth-order valence-corrected chi connectivity index (χ4v) is 2.13. The number of benzene rings is 1. The average Bonchev–Trinajstić information content (AvgIpc) is 2.31. The Balaban J connectivity index is 2.01. The van der Waals surface area contributed by atoms with E-state index in [1.807, 2.05) is 18.2 Å². The molecule has 0 unspecified atom stereocenters. The van der Waals surface area contributed by atoms with E-state index in [4.69, 9.17) is 21.1 Å². The van der Waals surface area contributed by atoms with Crippen LogP contribution in [0.25, 0.3) is 0 Å². The van der Waals surface area contributed by atoms with Crippen molar-refractivity contribution in [3.63, 3.8) is 0 Å². The Kier molecular flexibility index (Phi) is 4.04. The molecule has 1 heterocycles. The van der Waals surface area contributed by atoms with Crippen molar-refractivity contribution in [2.24, 2.45) is 0 Å². The van der Waals surface area contributed by atoms with Crippen LogP contribution in [0.4, 0.5) is 0 Å². The van der Waals surface area contributed by atoms with Gasteiger partial charge in [0.2, 0.25) is 0 Å². The molecule has 88 valence electrons. The summed E-state index contributed by atoms with van der Waals surface area (Å²) in [6.07, 6.45) is 1.13. The first-order valence-corrected chi connectivity index (χ1v) is 5.82. The van der Waals surface area contributed by atoms with Gasteiger partial charge >= 0.3 is 0 Å². The Morgan fingerprint density at radius 3 is 3.06 bits per heavy atom. The summed E-state index contributed by atoms with van der Waals surface area (Å²) < 4.78 is 10.8. The topological polar surface area (TPSA) is 30.5 Å². The van der Waals surface area contributed by atoms with E-state index in [1.165, 1.54) is 5.56 Å². The van der Waals surface area contributed by atoms with Gasteiger partial charge in [0.1, 0.15) is 5.75 Å². The van der Waals surface area contributed by atoms with Gasteiger partial charge in [-0.15, -0.1) is 0 Å². The van der Waals surface area contributed by atoms with Crippen LogP contribution >= 0.6 is 11.6 Å². The van der Waals surface area contributed by atoms with Crippen LogP contribution in [0.1, 0.15) is 5.56 Å². The van der Waals surface area contributed by atoms with E-state index in [0.717, 1.165) is 26.1 Å². The summed E-state index contributed by atoms with van der Waals surface area (Å²) in [6, 6.07) is 5.87. The van der Waals surface area contributed by atoms with Crippen LogP contribution in [0.2, 0.25) is 5.02 Å². The molecule has 1 aromatic carbocycles. The highest BCUT2D eigenvalue weighted by Gasteiger charge is 2.14. The molecular weight excluding hydrogens is 226 g/mol. The second-order valence-corrected chi connectivity index (χ2v) is 4.28. The van der Waals surface area contributed by atoms with E-state index in [1.54, 1.807) is 7.11 Å².